The van der Waals surface area contributed by atoms with Crippen molar-refractivity contribution in [1.82, 2.24) is 4.90 Å². The van der Waals surface area contributed by atoms with Crippen LogP contribution in [0.1, 0.15) is 29.5 Å². The third-order valence-electron chi connectivity index (χ3n) is 5.52. The number of hydrogen-bond donors (Lipinski definition) is 0. The van der Waals surface area contributed by atoms with Gasteiger partial charge in [0.2, 0.25) is 0 Å². The lowest BCUT2D eigenvalue weighted by Gasteiger charge is -2.15. The smallest absolute Gasteiger partial charge is 0.123 e. The zero-order valence-corrected chi connectivity index (χ0v) is 17.3. The third kappa shape index (κ3) is 5.80. The van der Waals surface area contributed by atoms with Gasteiger partial charge in [0.05, 0.1) is 0 Å². The molecule has 0 bridgehead atoms. The van der Waals surface area contributed by atoms with Crippen LogP contribution in [0.4, 0.5) is 4.39 Å². The van der Waals surface area contributed by atoms with Crippen molar-refractivity contribution in [2.45, 2.75) is 19.3 Å². The van der Waals surface area contributed by atoms with Gasteiger partial charge in [0.1, 0.15) is 18.2 Å². The molecule has 0 N–H and O–H groups in total. The zero-order chi connectivity index (χ0) is 20.6. The fourth-order valence-electron chi connectivity index (χ4n) is 3.92. The van der Waals surface area contributed by atoms with Gasteiger partial charge in [0.15, 0.2) is 0 Å². The van der Waals surface area contributed by atoms with E-state index >= 15 is 0 Å². The Hall–Kier alpha value is -2.91. The third-order valence-corrected chi connectivity index (χ3v) is 5.52. The van der Waals surface area contributed by atoms with Crippen molar-refractivity contribution in [1.29, 1.82) is 0 Å². The molecule has 30 heavy (non-hydrogen) atoms. The van der Waals surface area contributed by atoms with Gasteiger partial charge in [-0.2, -0.15) is 0 Å². The van der Waals surface area contributed by atoms with E-state index in [0.717, 1.165) is 41.2 Å². The Morgan fingerprint density at radius 3 is 2.40 bits per heavy atom. The highest BCUT2D eigenvalue weighted by Gasteiger charge is 2.10. The summed E-state index contributed by atoms with van der Waals surface area (Å²) in [6.45, 7) is 4.11. The summed E-state index contributed by atoms with van der Waals surface area (Å²) < 4.78 is 19.6. The van der Waals surface area contributed by atoms with Crippen LogP contribution in [0.3, 0.4) is 0 Å². The van der Waals surface area contributed by atoms with Crippen LogP contribution < -0.4 is 4.74 Å². The van der Waals surface area contributed by atoms with E-state index in [9.17, 15) is 4.39 Å². The first-order valence-corrected chi connectivity index (χ1v) is 10.7. The molecule has 0 unspecified atom stereocenters. The quantitative estimate of drug-likeness (QED) is 0.424. The fourth-order valence-corrected chi connectivity index (χ4v) is 3.92. The monoisotopic (exact) mass is 401 g/mol. The van der Waals surface area contributed by atoms with E-state index in [0.29, 0.717) is 6.42 Å². The second kappa shape index (κ2) is 10.2. The first kappa shape index (κ1) is 20.4. The summed E-state index contributed by atoms with van der Waals surface area (Å²) in [6.07, 6.45) is 5.46. The highest BCUT2D eigenvalue weighted by molar-refractivity contribution is 5.82. The van der Waals surface area contributed by atoms with Crippen molar-refractivity contribution in [3.05, 3.63) is 101 Å². The number of benzene rings is 3. The highest BCUT2D eigenvalue weighted by atomic mass is 19.1. The second-order valence-electron chi connectivity index (χ2n) is 7.81. The number of nitrogens with zero attached hydrogens (tertiary/aromatic N) is 1. The van der Waals surface area contributed by atoms with Gasteiger partial charge in [0, 0.05) is 6.54 Å². The van der Waals surface area contributed by atoms with Crippen LogP contribution in [-0.4, -0.2) is 31.1 Å². The molecule has 0 amide bonds. The first-order valence-electron chi connectivity index (χ1n) is 10.7. The molecular weight excluding hydrogens is 373 g/mol. The van der Waals surface area contributed by atoms with Crippen LogP contribution in [0.2, 0.25) is 0 Å². The molecule has 4 rings (SSSR count). The molecule has 1 aliphatic rings. The number of halogens is 1. The molecule has 1 heterocycles. The molecule has 1 aliphatic heterocycles. The SMILES string of the molecule is Fc1cccc(C/C(=C/c2ccc(OCCN3CCCC3)cc2)c2ccccc2)c1. The largest absolute Gasteiger partial charge is 0.492 e. The molecule has 0 radical (unpaired) electrons. The summed E-state index contributed by atoms with van der Waals surface area (Å²) in [5, 5.41) is 0. The van der Waals surface area contributed by atoms with E-state index in [1.54, 1.807) is 12.1 Å². The van der Waals surface area contributed by atoms with Gasteiger partial charge >= 0.3 is 0 Å². The van der Waals surface area contributed by atoms with Crippen LogP contribution in [0, 0.1) is 5.82 Å². The molecule has 1 saturated heterocycles. The standard InChI is InChI=1S/C27H28FNO/c28-26-10-6-7-23(21-26)20-25(24-8-2-1-3-9-24)19-22-11-13-27(14-12-22)30-18-17-29-15-4-5-16-29/h1-3,6-14,19,21H,4-5,15-18,20H2/b25-19-. The molecule has 3 aromatic carbocycles. The Morgan fingerprint density at radius 1 is 0.900 bits per heavy atom. The zero-order valence-electron chi connectivity index (χ0n) is 17.3. The number of allylic oxidation sites excluding steroid dienone is 1. The Balaban J connectivity index is 1.46. The van der Waals surface area contributed by atoms with E-state index in [4.69, 9.17) is 4.74 Å². The summed E-state index contributed by atoms with van der Waals surface area (Å²) in [5.41, 5.74) is 4.38. The van der Waals surface area contributed by atoms with Crippen molar-refractivity contribution >= 4 is 11.6 Å². The Morgan fingerprint density at radius 2 is 1.67 bits per heavy atom. The van der Waals surface area contributed by atoms with Crippen LogP contribution in [0.15, 0.2) is 78.9 Å². The highest BCUT2D eigenvalue weighted by Crippen LogP contribution is 2.24. The van der Waals surface area contributed by atoms with Gasteiger partial charge in [-0.25, -0.2) is 4.39 Å². The lowest BCUT2D eigenvalue weighted by Crippen LogP contribution is -2.25. The van der Waals surface area contributed by atoms with Crippen molar-refractivity contribution < 1.29 is 9.13 Å². The molecule has 0 aliphatic carbocycles. The molecule has 0 spiro atoms. The van der Waals surface area contributed by atoms with E-state index in [1.165, 1.54) is 32.0 Å². The summed E-state index contributed by atoms with van der Waals surface area (Å²) >= 11 is 0. The molecule has 1 fully saturated rings. The summed E-state index contributed by atoms with van der Waals surface area (Å²) in [5.74, 6) is 0.702. The van der Waals surface area contributed by atoms with E-state index in [2.05, 4.69) is 35.2 Å². The van der Waals surface area contributed by atoms with Crippen LogP contribution in [-0.2, 0) is 6.42 Å². The Labute approximate surface area is 178 Å². The molecule has 0 atom stereocenters. The average Bonchev–Trinajstić information content (AvgIpc) is 3.29. The maximum absolute atomic E-state index is 13.7. The molecule has 0 saturated carbocycles. The van der Waals surface area contributed by atoms with Gasteiger partial charge in [-0.05, 0) is 78.9 Å². The normalized spacial score (nSPS) is 14.8. The minimum absolute atomic E-state index is 0.199. The Bertz CT molecular complexity index is 960. The van der Waals surface area contributed by atoms with Gasteiger partial charge in [-0.15, -0.1) is 0 Å². The molecule has 3 aromatic rings. The minimum atomic E-state index is -0.199. The number of ether oxygens (including phenoxy) is 1. The van der Waals surface area contributed by atoms with Crippen molar-refractivity contribution in [2.75, 3.05) is 26.2 Å². The maximum atomic E-state index is 13.7. The second-order valence-corrected chi connectivity index (χ2v) is 7.81. The molecular formula is C27H28FNO. The van der Waals surface area contributed by atoms with Gasteiger partial charge < -0.3 is 4.74 Å². The van der Waals surface area contributed by atoms with Crippen molar-refractivity contribution in [3.8, 4) is 5.75 Å². The van der Waals surface area contributed by atoms with E-state index in [1.807, 2.05) is 36.4 Å². The van der Waals surface area contributed by atoms with Crippen LogP contribution in [0.25, 0.3) is 11.6 Å². The van der Waals surface area contributed by atoms with Gasteiger partial charge in [0.25, 0.3) is 0 Å². The number of hydrogen-bond acceptors (Lipinski definition) is 2. The predicted octanol–water partition coefficient (Wildman–Crippen LogP) is 6.08. The topological polar surface area (TPSA) is 12.5 Å². The average molecular weight is 402 g/mol. The van der Waals surface area contributed by atoms with Crippen LogP contribution >= 0.6 is 0 Å². The van der Waals surface area contributed by atoms with Crippen molar-refractivity contribution in [3.63, 3.8) is 0 Å². The lowest BCUT2D eigenvalue weighted by molar-refractivity contribution is 0.238. The lowest BCUT2D eigenvalue weighted by atomic mass is 9.96. The summed E-state index contributed by atoms with van der Waals surface area (Å²) in [6, 6.07) is 25.3. The fraction of sp³-hybridized carbons (Fsp3) is 0.259. The van der Waals surface area contributed by atoms with Crippen molar-refractivity contribution in [2.24, 2.45) is 0 Å². The summed E-state index contributed by atoms with van der Waals surface area (Å²) in [7, 11) is 0. The molecule has 0 aromatic heterocycles. The molecule has 2 nitrogen and oxygen atoms in total. The predicted molar refractivity (Wildman–Crippen MR) is 122 cm³/mol. The molecule has 154 valence electrons. The molecule has 3 heteroatoms. The van der Waals surface area contributed by atoms with Crippen LogP contribution in [0.5, 0.6) is 5.75 Å². The minimum Gasteiger partial charge on any atom is -0.492 e. The first-order chi connectivity index (χ1) is 14.8. The number of likely N-dealkylation sites (tertiary alicyclic amines) is 1. The van der Waals surface area contributed by atoms with Gasteiger partial charge in [-0.1, -0.05) is 60.7 Å². The van der Waals surface area contributed by atoms with E-state index in [-0.39, 0.29) is 5.82 Å². The van der Waals surface area contributed by atoms with E-state index < -0.39 is 0 Å². The summed E-state index contributed by atoms with van der Waals surface area (Å²) in [4.78, 5) is 2.45. The number of rotatable bonds is 8. The maximum Gasteiger partial charge on any atom is 0.123 e. The van der Waals surface area contributed by atoms with Gasteiger partial charge in [-0.3, -0.25) is 4.90 Å². The Kier molecular flexibility index (Phi) is 6.94.